The molecule has 1 aromatic rings. The number of benzene rings is 1. The molecule has 1 N–H and O–H groups in total. The SMILES string of the molecule is COC(=O)C(C)(C)CNCc1cccc(Cl)c1. The van der Waals surface area contributed by atoms with E-state index >= 15 is 0 Å². The second-order valence-corrected chi connectivity index (χ2v) is 5.05. The number of carbonyl (C=O) groups excluding carboxylic acids is 1. The van der Waals surface area contributed by atoms with E-state index in [-0.39, 0.29) is 5.97 Å². The Morgan fingerprint density at radius 2 is 2.18 bits per heavy atom. The quantitative estimate of drug-likeness (QED) is 0.822. The number of hydrogen-bond acceptors (Lipinski definition) is 3. The Morgan fingerprint density at radius 3 is 2.76 bits per heavy atom. The largest absolute Gasteiger partial charge is 0.469 e. The lowest BCUT2D eigenvalue weighted by molar-refractivity contribution is -0.150. The second-order valence-electron chi connectivity index (χ2n) is 4.61. The summed E-state index contributed by atoms with van der Waals surface area (Å²) >= 11 is 5.88. The van der Waals surface area contributed by atoms with E-state index in [1.54, 1.807) is 0 Å². The van der Waals surface area contributed by atoms with Crippen molar-refractivity contribution in [3.05, 3.63) is 34.9 Å². The van der Waals surface area contributed by atoms with Gasteiger partial charge in [-0.15, -0.1) is 0 Å². The van der Waals surface area contributed by atoms with E-state index in [4.69, 9.17) is 16.3 Å². The summed E-state index contributed by atoms with van der Waals surface area (Å²) < 4.78 is 4.74. The molecule has 0 heterocycles. The van der Waals surface area contributed by atoms with Gasteiger partial charge in [0.1, 0.15) is 0 Å². The molecular formula is C13H18ClNO2. The van der Waals surface area contributed by atoms with Crippen LogP contribution >= 0.6 is 11.6 Å². The zero-order valence-corrected chi connectivity index (χ0v) is 11.2. The molecular weight excluding hydrogens is 238 g/mol. The van der Waals surface area contributed by atoms with Crippen molar-refractivity contribution >= 4 is 17.6 Å². The van der Waals surface area contributed by atoms with Crippen molar-refractivity contribution in [1.82, 2.24) is 5.32 Å². The van der Waals surface area contributed by atoms with Gasteiger partial charge in [-0.05, 0) is 31.5 Å². The standard InChI is InChI=1S/C13H18ClNO2/c1-13(2,12(16)17-3)9-15-8-10-5-4-6-11(14)7-10/h4-7,15H,8-9H2,1-3H3. The third-order valence-electron chi connectivity index (χ3n) is 2.52. The summed E-state index contributed by atoms with van der Waals surface area (Å²) in [6.45, 7) is 4.95. The van der Waals surface area contributed by atoms with Crippen LogP contribution in [0.15, 0.2) is 24.3 Å². The summed E-state index contributed by atoms with van der Waals surface area (Å²) in [5.41, 5.74) is 0.575. The van der Waals surface area contributed by atoms with Crippen LogP contribution < -0.4 is 5.32 Å². The minimum atomic E-state index is -0.521. The van der Waals surface area contributed by atoms with Crippen molar-refractivity contribution in [3.8, 4) is 0 Å². The van der Waals surface area contributed by atoms with E-state index in [9.17, 15) is 4.79 Å². The first-order chi connectivity index (χ1) is 7.95. The van der Waals surface area contributed by atoms with Crippen molar-refractivity contribution in [2.24, 2.45) is 5.41 Å². The molecule has 0 aromatic heterocycles. The molecule has 4 heteroatoms. The Hall–Kier alpha value is -1.06. The summed E-state index contributed by atoms with van der Waals surface area (Å²) in [5.74, 6) is -0.212. The van der Waals surface area contributed by atoms with Crippen LogP contribution in [0.2, 0.25) is 5.02 Å². The zero-order chi connectivity index (χ0) is 12.9. The van der Waals surface area contributed by atoms with Gasteiger partial charge in [-0.25, -0.2) is 0 Å². The molecule has 0 spiro atoms. The maximum absolute atomic E-state index is 11.4. The van der Waals surface area contributed by atoms with Gasteiger partial charge in [0, 0.05) is 18.1 Å². The van der Waals surface area contributed by atoms with E-state index in [1.165, 1.54) is 7.11 Å². The molecule has 0 aliphatic carbocycles. The van der Waals surface area contributed by atoms with Crippen LogP contribution in [0.5, 0.6) is 0 Å². The number of halogens is 1. The molecule has 0 fully saturated rings. The topological polar surface area (TPSA) is 38.3 Å². The molecule has 0 saturated heterocycles. The average molecular weight is 256 g/mol. The van der Waals surface area contributed by atoms with Gasteiger partial charge in [-0.1, -0.05) is 23.7 Å². The van der Waals surface area contributed by atoms with Crippen LogP contribution in [0.25, 0.3) is 0 Å². The van der Waals surface area contributed by atoms with E-state index < -0.39 is 5.41 Å². The fourth-order valence-corrected chi connectivity index (χ4v) is 1.73. The number of ether oxygens (including phenoxy) is 1. The Balaban J connectivity index is 2.45. The highest BCUT2D eigenvalue weighted by Crippen LogP contribution is 2.16. The molecule has 3 nitrogen and oxygen atoms in total. The van der Waals surface area contributed by atoms with Crippen molar-refractivity contribution < 1.29 is 9.53 Å². The van der Waals surface area contributed by atoms with Gasteiger partial charge < -0.3 is 10.1 Å². The van der Waals surface area contributed by atoms with Crippen molar-refractivity contribution in [3.63, 3.8) is 0 Å². The van der Waals surface area contributed by atoms with Crippen molar-refractivity contribution in [2.45, 2.75) is 20.4 Å². The van der Waals surface area contributed by atoms with E-state index in [0.29, 0.717) is 13.1 Å². The van der Waals surface area contributed by atoms with Crippen LogP contribution in [0, 0.1) is 5.41 Å². The highest BCUT2D eigenvalue weighted by atomic mass is 35.5. The lowest BCUT2D eigenvalue weighted by Gasteiger charge is -2.21. The summed E-state index contributed by atoms with van der Waals surface area (Å²) in [6, 6.07) is 7.64. The normalized spacial score (nSPS) is 11.3. The first kappa shape index (κ1) is 14.0. The molecule has 0 saturated carbocycles. The van der Waals surface area contributed by atoms with E-state index in [2.05, 4.69) is 5.32 Å². The summed E-state index contributed by atoms with van der Waals surface area (Å²) in [6.07, 6.45) is 0. The number of nitrogens with one attached hydrogen (secondary N) is 1. The molecule has 94 valence electrons. The predicted octanol–water partition coefficient (Wildman–Crippen LogP) is 2.63. The third-order valence-corrected chi connectivity index (χ3v) is 2.76. The molecule has 1 rings (SSSR count). The van der Waals surface area contributed by atoms with Gasteiger partial charge in [0.05, 0.1) is 12.5 Å². The first-order valence-corrected chi connectivity index (χ1v) is 5.87. The highest BCUT2D eigenvalue weighted by molar-refractivity contribution is 6.30. The van der Waals surface area contributed by atoms with Gasteiger partial charge in [-0.2, -0.15) is 0 Å². The fraction of sp³-hybridized carbons (Fsp3) is 0.462. The highest BCUT2D eigenvalue weighted by Gasteiger charge is 2.27. The molecule has 0 atom stereocenters. The summed E-state index contributed by atoms with van der Waals surface area (Å²) in [5, 5.41) is 3.94. The molecule has 0 radical (unpaired) electrons. The van der Waals surface area contributed by atoms with Gasteiger partial charge in [0.15, 0.2) is 0 Å². The van der Waals surface area contributed by atoms with Crippen LogP contribution in [0.4, 0.5) is 0 Å². The first-order valence-electron chi connectivity index (χ1n) is 5.49. The van der Waals surface area contributed by atoms with Crippen LogP contribution in [-0.4, -0.2) is 19.6 Å². The molecule has 0 aliphatic heterocycles. The number of methoxy groups -OCH3 is 1. The lowest BCUT2D eigenvalue weighted by atomic mass is 9.94. The Labute approximate surface area is 107 Å². The Bertz CT molecular complexity index is 391. The number of esters is 1. The minimum absolute atomic E-state index is 0.212. The van der Waals surface area contributed by atoms with Crippen LogP contribution in [0.1, 0.15) is 19.4 Å². The Kier molecular flexibility index (Phi) is 4.97. The van der Waals surface area contributed by atoms with Gasteiger partial charge in [0.2, 0.25) is 0 Å². The monoisotopic (exact) mass is 255 g/mol. The van der Waals surface area contributed by atoms with E-state index in [1.807, 2.05) is 38.1 Å². The number of rotatable bonds is 5. The maximum Gasteiger partial charge on any atom is 0.312 e. The predicted molar refractivity (Wildman–Crippen MR) is 69.0 cm³/mol. The Morgan fingerprint density at radius 1 is 1.47 bits per heavy atom. The smallest absolute Gasteiger partial charge is 0.312 e. The minimum Gasteiger partial charge on any atom is -0.469 e. The van der Waals surface area contributed by atoms with Gasteiger partial charge >= 0.3 is 5.97 Å². The number of carbonyl (C=O) groups is 1. The number of hydrogen-bond donors (Lipinski definition) is 1. The molecule has 17 heavy (non-hydrogen) atoms. The van der Waals surface area contributed by atoms with Crippen molar-refractivity contribution in [2.75, 3.05) is 13.7 Å². The second kappa shape index (κ2) is 6.03. The van der Waals surface area contributed by atoms with Gasteiger partial charge in [-0.3, -0.25) is 4.79 Å². The fourth-order valence-electron chi connectivity index (χ4n) is 1.51. The average Bonchev–Trinajstić information content (AvgIpc) is 2.27. The molecule has 0 bridgehead atoms. The zero-order valence-electron chi connectivity index (χ0n) is 10.4. The molecule has 0 amide bonds. The maximum atomic E-state index is 11.4. The van der Waals surface area contributed by atoms with Crippen molar-refractivity contribution in [1.29, 1.82) is 0 Å². The van der Waals surface area contributed by atoms with E-state index in [0.717, 1.165) is 10.6 Å². The summed E-state index contributed by atoms with van der Waals surface area (Å²) in [4.78, 5) is 11.4. The molecule has 1 aromatic carbocycles. The molecule has 0 aliphatic rings. The van der Waals surface area contributed by atoms with Gasteiger partial charge in [0.25, 0.3) is 0 Å². The lowest BCUT2D eigenvalue weighted by Crippen LogP contribution is -2.36. The third kappa shape index (κ3) is 4.36. The van der Waals surface area contributed by atoms with Crippen LogP contribution in [-0.2, 0) is 16.1 Å². The summed E-state index contributed by atoms with van der Waals surface area (Å²) in [7, 11) is 1.40. The van der Waals surface area contributed by atoms with Crippen LogP contribution in [0.3, 0.4) is 0 Å². The molecule has 0 unspecified atom stereocenters.